The topological polar surface area (TPSA) is 51.2 Å². The lowest BCUT2D eigenvalue weighted by Crippen LogP contribution is -2.30. The smallest absolute Gasteiger partial charge is 0.160 e. The Bertz CT molecular complexity index is 1030. The van der Waals surface area contributed by atoms with Crippen molar-refractivity contribution in [3.05, 3.63) is 94.9 Å². The van der Waals surface area contributed by atoms with Gasteiger partial charge in [-0.05, 0) is 54.3 Å². The summed E-state index contributed by atoms with van der Waals surface area (Å²) in [5.41, 5.74) is 2.99. The lowest BCUT2D eigenvalue weighted by atomic mass is 10.1. The lowest BCUT2D eigenvalue weighted by Gasteiger charge is -2.26. The quantitative estimate of drug-likeness (QED) is 0.388. The van der Waals surface area contributed by atoms with E-state index in [4.69, 9.17) is 25.8 Å². The van der Waals surface area contributed by atoms with Crippen LogP contribution in [0.25, 0.3) is 0 Å². The third-order valence-electron chi connectivity index (χ3n) is 5.47. The Kier molecular flexibility index (Phi) is 9.43. The van der Waals surface area contributed by atoms with Crippen LogP contribution in [0, 0.1) is 6.42 Å². The molecule has 0 bridgehead atoms. The van der Waals surface area contributed by atoms with Crippen LogP contribution in [0.1, 0.15) is 22.8 Å². The van der Waals surface area contributed by atoms with Gasteiger partial charge in [0.2, 0.25) is 0 Å². The fourth-order valence-corrected chi connectivity index (χ4v) is 3.96. The molecule has 0 heterocycles. The zero-order valence-corrected chi connectivity index (χ0v) is 20.1. The van der Waals surface area contributed by atoms with E-state index in [1.54, 1.807) is 33.5 Å². The van der Waals surface area contributed by atoms with Crippen LogP contribution >= 0.6 is 11.6 Å². The van der Waals surface area contributed by atoms with Gasteiger partial charge in [-0.25, -0.2) is 0 Å². The molecule has 1 atom stereocenters. The predicted octanol–water partition coefficient (Wildman–Crippen LogP) is 5.35. The van der Waals surface area contributed by atoms with Gasteiger partial charge in [0, 0.05) is 30.2 Å². The zero-order chi connectivity index (χ0) is 23.6. The Morgan fingerprint density at radius 3 is 2.36 bits per heavy atom. The van der Waals surface area contributed by atoms with E-state index >= 15 is 0 Å². The van der Waals surface area contributed by atoms with Crippen molar-refractivity contribution in [2.45, 2.75) is 19.1 Å². The van der Waals surface area contributed by atoms with Gasteiger partial charge in [0.25, 0.3) is 0 Å². The molecule has 3 aromatic rings. The van der Waals surface area contributed by atoms with Crippen molar-refractivity contribution >= 4 is 11.6 Å². The van der Waals surface area contributed by atoms with Gasteiger partial charge in [0.1, 0.15) is 5.75 Å². The van der Waals surface area contributed by atoms with Crippen LogP contribution in [-0.4, -0.2) is 44.4 Å². The summed E-state index contributed by atoms with van der Waals surface area (Å²) in [6.07, 6.45) is 2.30. The van der Waals surface area contributed by atoms with Crippen LogP contribution in [0.15, 0.2) is 66.7 Å². The van der Waals surface area contributed by atoms with E-state index in [9.17, 15) is 5.11 Å². The second-order valence-corrected chi connectivity index (χ2v) is 8.20. The van der Waals surface area contributed by atoms with Crippen molar-refractivity contribution < 1.29 is 19.3 Å². The summed E-state index contributed by atoms with van der Waals surface area (Å²) in [7, 11) is 4.94. The maximum absolute atomic E-state index is 10.9. The van der Waals surface area contributed by atoms with E-state index in [-0.39, 0.29) is 0 Å². The number of nitrogens with zero attached hydrogens (tertiary/aromatic N) is 1. The maximum atomic E-state index is 10.9. The van der Waals surface area contributed by atoms with E-state index in [1.807, 2.05) is 54.6 Å². The molecule has 1 unspecified atom stereocenters. The first-order chi connectivity index (χ1) is 16.0. The van der Waals surface area contributed by atoms with E-state index in [0.717, 1.165) is 28.9 Å². The average Bonchev–Trinajstić information content (AvgIpc) is 2.84. The minimum absolute atomic E-state index is 0.459. The Hall–Kier alpha value is -2.73. The van der Waals surface area contributed by atoms with Crippen LogP contribution < -0.4 is 14.2 Å². The summed E-state index contributed by atoms with van der Waals surface area (Å²) >= 11 is 6.13. The van der Waals surface area contributed by atoms with Crippen molar-refractivity contribution in [2.75, 3.05) is 34.4 Å². The first kappa shape index (κ1) is 24.9. The molecule has 1 N–H and O–H groups in total. The van der Waals surface area contributed by atoms with Crippen molar-refractivity contribution in [2.24, 2.45) is 0 Å². The van der Waals surface area contributed by atoms with Crippen molar-refractivity contribution in [3.8, 4) is 17.2 Å². The number of para-hydroxylation sites is 1. The summed E-state index contributed by atoms with van der Waals surface area (Å²) in [5, 5.41) is 11.5. The van der Waals surface area contributed by atoms with E-state index in [0.29, 0.717) is 36.2 Å². The largest absolute Gasteiger partial charge is 0.496 e. The Morgan fingerprint density at radius 2 is 1.64 bits per heavy atom. The summed E-state index contributed by atoms with van der Waals surface area (Å²) in [6, 6.07) is 21.2. The molecular formula is C27H31ClNO4. The van der Waals surface area contributed by atoms with Gasteiger partial charge in [-0.15, -0.1) is 0 Å². The molecule has 0 aliphatic heterocycles. The fraction of sp³-hybridized carbons (Fsp3) is 0.296. The third kappa shape index (κ3) is 7.13. The Balaban J connectivity index is 1.71. The molecule has 0 aliphatic rings. The third-order valence-corrected chi connectivity index (χ3v) is 5.70. The van der Waals surface area contributed by atoms with Gasteiger partial charge < -0.3 is 19.3 Å². The van der Waals surface area contributed by atoms with Crippen LogP contribution in [0.4, 0.5) is 0 Å². The average molecular weight is 469 g/mol. The van der Waals surface area contributed by atoms with Gasteiger partial charge in [0.15, 0.2) is 11.5 Å². The second kappa shape index (κ2) is 12.5. The highest BCUT2D eigenvalue weighted by Gasteiger charge is 2.16. The Labute approximate surface area is 201 Å². The van der Waals surface area contributed by atoms with Gasteiger partial charge in [-0.2, -0.15) is 0 Å². The number of aliphatic hydroxyl groups is 1. The zero-order valence-electron chi connectivity index (χ0n) is 19.3. The maximum Gasteiger partial charge on any atom is 0.160 e. The summed E-state index contributed by atoms with van der Waals surface area (Å²) in [5.74, 6) is 2.26. The Morgan fingerprint density at radius 1 is 0.879 bits per heavy atom. The number of rotatable bonds is 12. The number of halogens is 1. The number of benzene rings is 3. The molecule has 175 valence electrons. The van der Waals surface area contributed by atoms with Gasteiger partial charge in [-0.3, -0.25) is 4.90 Å². The monoisotopic (exact) mass is 468 g/mol. The standard InChI is InChI=1S/C27H31ClNO4/c1-31-25-12-5-4-9-22(25)18-29(19-24(30)21-10-6-11-23(28)17-21)15-7-8-20-13-14-26(32-2)27(16-20)33-3/h4-7,9-14,16-17,24,30H,8,15,18-19H2,1-3H3. The number of methoxy groups -OCH3 is 3. The van der Waals surface area contributed by atoms with Gasteiger partial charge in [-0.1, -0.05) is 48.0 Å². The highest BCUT2D eigenvalue weighted by atomic mass is 35.5. The predicted molar refractivity (Wildman–Crippen MR) is 132 cm³/mol. The number of hydrogen-bond acceptors (Lipinski definition) is 5. The van der Waals surface area contributed by atoms with Gasteiger partial charge in [0.05, 0.1) is 27.4 Å². The molecule has 0 aliphatic carbocycles. The van der Waals surface area contributed by atoms with Crippen molar-refractivity contribution in [3.63, 3.8) is 0 Å². The van der Waals surface area contributed by atoms with Crippen molar-refractivity contribution in [1.82, 2.24) is 4.90 Å². The second-order valence-electron chi connectivity index (χ2n) is 7.76. The van der Waals surface area contributed by atoms with Crippen LogP contribution in [0.3, 0.4) is 0 Å². The molecule has 1 radical (unpaired) electrons. The molecule has 0 amide bonds. The highest BCUT2D eigenvalue weighted by molar-refractivity contribution is 6.30. The first-order valence-corrected chi connectivity index (χ1v) is 11.2. The van der Waals surface area contributed by atoms with E-state index in [2.05, 4.69) is 11.3 Å². The summed E-state index contributed by atoms with van der Waals surface area (Å²) < 4.78 is 16.3. The molecule has 5 nitrogen and oxygen atoms in total. The number of ether oxygens (including phenoxy) is 3. The number of aliphatic hydroxyl groups excluding tert-OH is 1. The van der Waals surface area contributed by atoms with Crippen LogP contribution in [0.5, 0.6) is 17.2 Å². The first-order valence-electron chi connectivity index (χ1n) is 10.8. The number of hydrogen-bond donors (Lipinski definition) is 1. The minimum atomic E-state index is -0.659. The van der Waals surface area contributed by atoms with Crippen LogP contribution in [0.2, 0.25) is 5.02 Å². The van der Waals surface area contributed by atoms with Gasteiger partial charge >= 0.3 is 0 Å². The SMILES string of the molecule is COc1ccccc1CN(C[CH]Cc1ccc(OC)c(OC)c1)CC(O)c1cccc(Cl)c1. The molecule has 33 heavy (non-hydrogen) atoms. The summed E-state index contributed by atoms with van der Waals surface area (Å²) in [4.78, 5) is 2.20. The molecule has 6 heteroatoms. The lowest BCUT2D eigenvalue weighted by molar-refractivity contribution is 0.113. The van der Waals surface area contributed by atoms with E-state index < -0.39 is 6.10 Å². The molecule has 0 fully saturated rings. The van der Waals surface area contributed by atoms with E-state index in [1.165, 1.54) is 0 Å². The molecule has 0 saturated carbocycles. The summed E-state index contributed by atoms with van der Waals surface area (Å²) in [6.45, 7) is 1.79. The normalized spacial score (nSPS) is 11.9. The van der Waals surface area contributed by atoms with Crippen molar-refractivity contribution in [1.29, 1.82) is 0 Å². The molecule has 3 rings (SSSR count). The van der Waals surface area contributed by atoms with Crippen LogP contribution in [-0.2, 0) is 13.0 Å². The molecule has 0 saturated heterocycles. The highest BCUT2D eigenvalue weighted by Crippen LogP contribution is 2.28. The molecule has 0 spiro atoms. The fourth-order valence-electron chi connectivity index (χ4n) is 3.76. The minimum Gasteiger partial charge on any atom is -0.496 e. The molecular weight excluding hydrogens is 438 g/mol. The molecule has 3 aromatic carbocycles. The molecule has 0 aromatic heterocycles.